The molecule has 7 nitrogen and oxygen atoms in total. The Hall–Kier alpha value is -2.64. The molecule has 2 aliphatic heterocycles. The highest BCUT2D eigenvalue weighted by Crippen LogP contribution is 2.35. The van der Waals surface area contributed by atoms with Crippen LogP contribution in [0.15, 0.2) is 42.6 Å². The van der Waals surface area contributed by atoms with Crippen LogP contribution in [0.2, 0.25) is 5.02 Å². The van der Waals surface area contributed by atoms with Crippen LogP contribution in [-0.4, -0.2) is 52.8 Å². The highest BCUT2D eigenvalue weighted by atomic mass is 35.5. The lowest BCUT2D eigenvalue weighted by Gasteiger charge is -2.39. The van der Waals surface area contributed by atoms with Gasteiger partial charge in [0.05, 0.1) is 6.04 Å². The van der Waals surface area contributed by atoms with Gasteiger partial charge in [-0.25, -0.2) is 4.98 Å². The van der Waals surface area contributed by atoms with Crippen LogP contribution >= 0.6 is 11.6 Å². The number of nitrogens with zero attached hydrogens (tertiary/aromatic N) is 3. The van der Waals surface area contributed by atoms with Gasteiger partial charge >= 0.3 is 0 Å². The smallest absolute Gasteiger partial charge is 0.225 e. The van der Waals surface area contributed by atoms with E-state index in [2.05, 4.69) is 20.1 Å². The number of benzene rings is 1. The molecule has 8 heteroatoms. The molecule has 3 fully saturated rings. The molecule has 0 spiro atoms. The molecule has 2 aromatic rings. The topological polar surface area (TPSA) is 91.6 Å². The van der Waals surface area contributed by atoms with Crippen LogP contribution in [0, 0.1) is 17.8 Å². The molecule has 1 atom stereocenters. The standard InChI is InChI=1S/C28H36ClN5O2/c29-24-5-3-20(4-6-24)26(32-27(35)22-1-2-22)21-10-15-34(16-11-21)28(36)23-8-13-33(14-9-23)18-19-7-12-31-25(30)17-19/h3-7,12,17,21-23,26H,1-2,8-11,13-16,18H2,(H2,30,31)(H,32,35). The summed E-state index contributed by atoms with van der Waals surface area (Å²) in [5.41, 5.74) is 8.07. The summed E-state index contributed by atoms with van der Waals surface area (Å²) in [7, 11) is 0. The van der Waals surface area contributed by atoms with Crippen molar-refractivity contribution >= 4 is 29.2 Å². The molecule has 1 saturated carbocycles. The van der Waals surface area contributed by atoms with Crippen molar-refractivity contribution in [1.29, 1.82) is 0 Å². The minimum absolute atomic E-state index is 0.0296. The van der Waals surface area contributed by atoms with E-state index in [1.165, 1.54) is 5.56 Å². The number of nitrogens with two attached hydrogens (primary N) is 1. The van der Waals surface area contributed by atoms with Gasteiger partial charge in [-0.1, -0.05) is 23.7 Å². The van der Waals surface area contributed by atoms with Gasteiger partial charge in [-0.2, -0.15) is 0 Å². The number of anilines is 1. The van der Waals surface area contributed by atoms with E-state index in [0.29, 0.717) is 22.7 Å². The summed E-state index contributed by atoms with van der Waals surface area (Å²) in [4.78, 5) is 34.5. The molecule has 192 valence electrons. The van der Waals surface area contributed by atoms with Crippen LogP contribution in [0.5, 0.6) is 0 Å². The molecular weight excluding hydrogens is 474 g/mol. The first-order chi connectivity index (χ1) is 17.5. The SMILES string of the molecule is Nc1cc(CN2CCC(C(=O)N3CCC(C(NC(=O)C4CC4)c4ccc(Cl)cc4)CC3)CC2)ccn1. The first kappa shape index (κ1) is 25.0. The highest BCUT2D eigenvalue weighted by Gasteiger charge is 2.36. The number of piperidine rings is 2. The first-order valence-corrected chi connectivity index (χ1v) is 13.6. The summed E-state index contributed by atoms with van der Waals surface area (Å²) in [5.74, 6) is 1.59. The van der Waals surface area contributed by atoms with Gasteiger partial charge in [-0.05, 0) is 92.9 Å². The Kier molecular flexibility index (Phi) is 7.77. The van der Waals surface area contributed by atoms with Crippen molar-refractivity contribution in [2.45, 2.75) is 51.1 Å². The molecule has 1 aliphatic carbocycles. The predicted octanol–water partition coefficient (Wildman–Crippen LogP) is 4.04. The number of carbonyl (C=O) groups excluding carboxylic acids is 2. The first-order valence-electron chi connectivity index (χ1n) is 13.2. The van der Waals surface area contributed by atoms with Crippen LogP contribution in [-0.2, 0) is 16.1 Å². The van der Waals surface area contributed by atoms with E-state index in [4.69, 9.17) is 17.3 Å². The van der Waals surface area contributed by atoms with Crippen molar-refractivity contribution in [3.05, 3.63) is 58.7 Å². The van der Waals surface area contributed by atoms with E-state index in [0.717, 1.165) is 76.8 Å². The normalized spacial score (nSPS) is 20.8. The van der Waals surface area contributed by atoms with E-state index in [1.807, 2.05) is 36.4 Å². The van der Waals surface area contributed by atoms with Gasteiger partial charge in [-0.15, -0.1) is 0 Å². The third-order valence-corrected chi connectivity index (χ3v) is 8.24. The summed E-state index contributed by atoms with van der Waals surface area (Å²) in [5, 5.41) is 4.01. The summed E-state index contributed by atoms with van der Waals surface area (Å²) < 4.78 is 0. The fourth-order valence-electron chi connectivity index (χ4n) is 5.66. The third kappa shape index (κ3) is 6.19. The second-order valence-electron chi connectivity index (χ2n) is 10.6. The Morgan fingerprint density at radius 1 is 0.972 bits per heavy atom. The summed E-state index contributed by atoms with van der Waals surface area (Å²) in [6.07, 6.45) is 7.30. The fourth-order valence-corrected chi connectivity index (χ4v) is 5.79. The van der Waals surface area contributed by atoms with Crippen LogP contribution < -0.4 is 11.1 Å². The van der Waals surface area contributed by atoms with Gasteiger partial charge in [0.1, 0.15) is 5.82 Å². The minimum atomic E-state index is -0.0296. The van der Waals surface area contributed by atoms with Crippen LogP contribution in [0.1, 0.15) is 55.7 Å². The average Bonchev–Trinajstić information content (AvgIpc) is 3.74. The molecule has 36 heavy (non-hydrogen) atoms. The highest BCUT2D eigenvalue weighted by molar-refractivity contribution is 6.30. The third-order valence-electron chi connectivity index (χ3n) is 7.99. The van der Waals surface area contributed by atoms with Gasteiger partial charge < -0.3 is 16.0 Å². The monoisotopic (exact) mass is 509 g/mol. The van der Waals surface area contributed by atoms with Crippen molar-refractivity contribution < 1.29 is 9.59 Å². The molecular formula is C28H36ClN5O2. The zero-order valence-electron chi connectivity index (χ0n) is 20.7. The molecule has 1 aromatic carbocycles. The number of halogens is 1. The number of carbonyl (C=O) groups is 2. The maximum Gasteiger partial charge on any atom is 0.225 e. The lowest BCUT2D eigenvalue weighted by molar-refractivity contribution is -0.139. The number of hydrogen-bond acceptors (Lipinski definition) is 5. The van der Waals surface area contributed by atoms with Crippen molar-refractivity contribution in [3.8, 4) is 0 Å². The Balaban J connectivity index is 1.13. The van der Waals surface area contributed by atoms with Crippen molar-refractivity contribution in [1.82, 2.24) is 20.1 Å². The van der Waals surface area contributed by atoms with Crippen LogP contribution in [0.3, 0.4) is 0 Å². The lowest BCUT2D eigenvalue weighted by Crippen LogP contribution is -2.47. The quantitative estimate of drug-likeness (QED) is 0.588. The molecule has 1 aromatic heterocycles. The van der Waals surface area contributed by atoms with E-state index in [1.54, 1.807) is 6.20 Å². The van der Waals surface area contributed by atoms with Crippen molar-refractivity contribution in [2.24, 2.45) is 17.8 Å². The fraction of sp³-hybridized carbons (Fsp3) is 0.536. The maximum absolute atomic E-state index is 13.3. The Bertz CT molecular complexity index is 1060. The van der Waals surface area contributed by atoms with Crippen LogP contribution in [0.4, 0.5) is 5.82 Å². The predicted molar refractivity (Wildman–Crippen MR) is 141 cm³/mol. The van der Waals surface area contributed by atoms with Gasteiger partial charge in [0, 0.05) is 42.7 Å². The number of rotatable bonds is 7. The molecule has 1 unspecified atom stereocenters. The Morgan fingerprint density at radius 3 is 2.31 bits per heavy atom. The molecule has 0 bridgehead atoms. The number of pyridine rings is 1. The summed E-state index contributed by atoms with van der Waals surface area (Å²) in [6, 6.07) is 11.7. The number of aromatic nitrogens is 1. The summed E-state index contributed by atoms with van der Waals surface area (Å²) in [6.45, 7) is 4.19. The Labute approximate surface area is 218 Å². The molecule has 3 N–H and O–H groups in total. The second-order valence-corrected chi connectivity index (χ2v) is 11.1. The Morgan fingerprint density at radius 2 is 1.67 bits per heavy atom. The van der Waals surface area contributed by atoms with Gasteiger partial charge in [-0.3, -0.25) is 14.5 Å². The van der Waals surface area contributed by atoms with Gasteiger partial charge in [0.2, 0.25) is 11.8 Å². The molecule has 2 saturated heterocycles. The van der Waals surface area contributed by atoms with E-state index in [-0.39, 0.29) is 23.8 Å². The van der Waals surface area contributed by atoms with E-state index >= 15 is 0 Å². The summed E-state index contributed by atoms with van der Waals surface area (Å²) >= 11 is 6.11. The molecule has 0 radical (unpaired) electrons. The van der Waals surface area contributed by atoms with Crippen molar-refractivity contribution in [2.75, 3.05) is 31.9 Å². The molecule has 3 aliphatic rings. The number of nitrogen functional groups attached to an aromatic ring is 1. The molecule has 5 rings (SSSR count). The number of amides is 2. The average molecular weight is 510 g/mol. The lowest BCUT2D eigenvalue weighted by atomic mass is 9.84. The van der Waals surface area contributed by atoms with Gasteiger partial charge in [0.25, 0.3) is 0 Å². The van der Waals surface area contributed by atoms with Crippen LogP contribution in [0.25, 0.3) is 0 Å². The van der Waals surface area contributed by atoms with E-state index in [9.17, 15) is 9.59 Å². The second kappa shape index (κ2) is 11.2. The largest absolute Gasteiger partial charge is 0.384 e. The molecule has 2 amide bonds. The molecule has 3 heterocycles. The zero-order chi connectivity index (χ0) is 25.1. The maximum atomic E-state index is 13.3. The zero-order valence-corrected chi connectivity index (χ0v) is 21.5. The van der Waals surface area contributed by atoms with Gasteiger partial charge in [0.15, 0.2) is 0 Å². The number of hydrogen-bond donors (Lipinski definition) is 2. The van der Waals surface area contributed by atoms with E-state index < -0.39 is 0 Å². The minimum Gasteiger partial charge on any atom is -0.384 e. The number of likely N-dealkylation sites (tertiary alicyclic amines) is 2. The number of nitrogens with one attached hydrogen (secondary N) is 1. The van der Waals surface area contributed by atoms with Crippen molar-refractivity contribution in [3.63, 3.8) is 0 Å².